The average Bonchev–Trinajstić information content (AvgIpc) is 2.80. The molecule has 200 valence electrons. The van der Waals surface area contributed by atoms with Crippen LogP contribution < -0.4 is 4.74 Å². The molecule has 36 heavy (non-hydrogen) atoms. The molecular weight excluding hydrogens is 480 g/mol. The monoisotopic (exact) mass is 512 g/mol. The zero-order valence-electron chi connectivity index (χ0n) is 20.9. The summed E-state index contributed by atoms with van der Waals surface area (Å²) in [6.07, 6.45) is -6.10. The maximum Gasteiger partial charge on any atom is 0.303 e. The van der Waals surface area contributed by atoms with Gasteiger partial charge in [-0.2, -0.15) is 0 Å². The predicted molar refractivity (Wildman–Crippen MR) is 121 cm³/mol. The van der Waals surface area contributed by atoms with Gasteiger partial charge in [0.1, 0.15) is 18.5 Å². The van der Waals surface area contributed by atoms with Crippen LogP contribution in [0.4, 0.5) is 0 Å². The molecule has 0 bridgehead atoms. The van der Waals surface area contributed by atoms with Gasteiger partial charge in [-0.25, -0.2) is 0 Å². The number of esters is 4. The normalized spacial score (nSPS) is 23.3. The Morgan fingerprint density at radius 1 is 0.778 bits per heavy atom. The lowest BCUT2D eigenvalue weighted by atomic mass is 9.98. The van der Waals surface area contributed by atoms with Crippen LogP contribution in [0, 0.1) is 0 Å². The van der Waals surface area contributed by atoms with E-state index in [1.165, 1.54) is 6.92 Å². The molecule has 12 heteroatoms. The van der Waals surface area contributed by atoms with Gasteiger partial charge in [0.15, 0.2) is 24.6 Å². The third kappa shape index (κ3) is 9.44. The van der Waals surface area contributed by atoms with E-state index in [0.717, 1.165) is 32.1 Å². The summed E-state index contributed by atoms with van der Waals surface area (Å²) in [5.74, 6) is -2.00. The summed E-state index contributed by atoms with van der Waals surface area (Å²) in [5, 5.41) is 0. The summed E-state index contributed by atoms with van der Waals surface area (Å²) in [6, 6.07) is 7.34. The highest BCUT2D eigenvalue weighted by molar-refractivity contribution is 5.68. The topological polar surface area (TPSA) is 142 Å². The molecule has 0 N–H and O–H groups in total. The smallest absolute Gasteiger partial charge is 0.303 e. The van der Waals surface area contributed by atoms with Crippen LogP contribution in [-0.4, -0.2) is 81.5 Å². The summed E-state index contributed by atoms with van der Waals surface area (Å²) in [4.78, 5) is 46.8. The Kier molecular flexibility index (Phi) is 11.6. The highest BCUT2D eigenvalue weighted by atomic mass is 16.7. The summed E-state index contributed by atoms with van der Waals surface area (Å²) in [5.41, 5.74) is 0.920. The molecule has 1 aliphatic rings. The summed E-state index contributed by atoms with van der Waals surface area (Å²) in [6.45, 7) is 4.81. The van der Waals surface area contributed by atoms with Crippen molar-refractivity contribution < 1.29 is 57.1 Å². The van der Waals surface area contributed by atoms with Gasteiger partial charge in [0.2, 0.25) is 0 Å². The van der Waals surface area contributed by atoms with E-state index in [2.05, 4.69) is 0 Å². The Hall–Kier alpha value is -3.22. The molecule has 0 aromatic heterocycles. The fourth-order valence-electron chi connectivity index (χ4n) is 3.46. The minimum absolute atomic E-state index is 0.0178. The quantitative estimate of drug-likeness (QED) is 0.226. The van der Waals surface area contributed by atoms with Gasteiger partial charge in [-0.1, -0.05) is 12.1 Å². The lowest BCUT2D eigenvalue weighted by Gasteiger charge is -2.44. The lowest BCUT2D eigenvalue weighted by molar-refractivity contribution is -0.309. The van der Waals surface area contributed by atoms with Gasteiger partial charge >= 0.3 is 23.9 Å². The highest BCUT2D eigenvalue weighted by Crippen LogP contribution is 2.30. The zero-order valence-corrected chi connectivity index (χ0v) is 20.9. The molecule has 1 aliphatic heterocycles. The van der Waals surface area contributed by atoms with E-state index in [1.807, 2.05) is 24.3 Å². The van der Waals surface area contributed by atoms with E-state index in [9.17, 15) is 19.2 Å². The molecule has 0 aliphatic carbocycles. The van der Waals surface area contributed by atoms with Crippen LogP contribution in [0.3, 0.4) is 0 Å². The molecule has 0 spiro atoms. The molecule has 1 aromatic carbocycles. The van der Waals surface area contributed by atoms with Gasteiger partial charge in [0.25, 0.3) is 0 Å². The molecule has 0 saturated carbocycles. The summed E-state index contributed by atoms with van der Waals surface area (Å²) in [7, 11) is 1.58. The third-order valence-corrected chi connectivity index (χ3v) is 4.89. The number of methoxy groups -OCH3 is 1. The Morgan fingerprint density at radius 2 is 1.36 bits per heavy atom. The first kappa shape index (κ1) is 29.0. The SMILES string of the molecule is COc1ccc(COCCO[C@@H]2O[C@H](COC(C)=O)[C@H](OC(C)=O)[C@H](OC(C)=O)[C@H]2OC(C)=O)cc1. The number of ether oxygens (including phenoxy) is 8. The number of carbonyl (C=O) groups excluding carboxylic acids is 4. The van der Waals surface area contributed by atoms with Crippen molar-refractivity contribution in [3.05, 3.63) is 29.8 Å². The molecule has 0 unspecified atom stereocenters. The zero-order chi connectivity index (χ0) is 26.7. The van der Waals surface area contributed by atoms with Crippen molar-refractivity contribution in [1.82, 2.24) is 0 Å². The highest BCUT2D eigenvalue weighted by Gasteiger charge is 2.52. The van der Waals surface area contributed by atoms with E-state index in [4.69, 9.17) is 37.9 Å². The van der Waals surface area contributed by atoms with Gasteiger partial charge in [0, 0.05) is 27.7 Å². The van der Waals surface area contributed by atoms with Crippen LogP contribution >= 0.6 is 0 Å². The summed E-state index contributed by atoms with van der Waals surface area (Å²) < 4.78 is 43.4. The predicted octanol–water partition coefficient (Wildman–Crippen LogP) is 1.31. The second-order valence-corrected chi connectivity index (χ2v) is 7.84. The van der Waals surface area contributed by atoms with Crippen molar-refractivity contribution in [1.29, 1.82) is 0 Å². The van der Waals surface area contributed by atoms with Gasteiger partial charge in [-0.3, -0.25) is 19.2 Å². The van der Waals surface area contributed by atoms with Crippen LogP contribution in [-0.2, 0) is 58.9 Å². The molecule has 1 aromatic rings. The molecule has 2 rings (SSSR count). The molecule has 0 radical (unpaired) electrons. The molecule has 1 fully saturated rings. The fourth-order valence-corrected chi connectivity index (χ4v) is 3.46. The Morgan fingerprint density at radius 3 is 1.92 bits per heavy atom. The van der Waals surface area contributed by atoms with E-state index in [-0.39, 0.29) is 19.8 Å². The number of carbonyl (C=O) groups is 4. The lowest BCUT2D eigenvalue weighted by Crippen LogP contribution is -2.63. The van der Waals surface area contributed by atoms with E-state index in [1.54, 1.807) is 7.11 Å². The Balaban J connectivity index is 2.11. The Bertz CT molecular complexity index is 884. The minimum Gasteiger partial charge on any atom is -0.497 e. The van der Waals surface area contributed by atoms with Crippen molar-refractivity contribution in [2.45, 2.75) is 65.0 Å². The van der Waals surface area contributed by atoms with Crippen molar-refractivity contribution in [2.24, 2.45) is 0 Å². The van der Waals surface area contributed by atoms with Crippen LogP contribution in [0.25, 0.3) is 0 Å². The molecule has 1 saturated heterocycles. The standard InChI is InChI=1S/C24H32O12/c1-14(25)32-13-20-21(33-15(2)26)22(34-16(3)27)23(35-17(4)28)24(36-20)31-11-10-30-12-18-6-8-19(29-5)9-7-18/h6-9,20-24H,10-13H2,1-5H3/t20-,21+,22+,23-,24-/m1/s1. The van der Waals surface area contributed by atoms with Crippen molar-refractivity contribution in [3.63, 3.8) is 0 Å². The van der Waals surface area contributed by atoms with Gasteiger partial charge in [0.05, 0.1) is 26.9 Å². The Labute approximate surface area is 209 Å². The summed E-state index contributed by atoms with van der Waals surface area (Å²) >= 11 is 0. The van der Waals surface area contributed by atoms with Crippen LogP contribution in [0.15, 0.2) is 24.3 Å². The average molecular weight is 513 g/mol. The maximum atomic E-state index is 11.8. The second kappa shape index (κ2) is 14.4. The first-order valence-corrected chi connectivity index (χ1v) is 11.2. The van der Waals surface area contributed by atoms with Gasteiger partial charge < -0.3 is 37.9 Å². The first-order chi connectivity index (χ1) is 17.1. The number of hydrogen-bond acceptors (Lipinski definition) is 12. The fraction of sp³-hybridized carbons (Fsp3) is 0.583. The second-order valence-electron chi connectivity index (χ2n) is 7.84. The van der Waals surface area contributed by atoms with E-state index < -0.39 is 54.6 Å². The number of rotatable bonds is 12. The van der Waals surface area contributed by atoms with E-state index >= 15 is 0 Å². The number of hydrogen-bond donors (Lipinski definition) is 0. The van der Waals surface area contributed by atoms with Gasteiger partial charge in [-0.15, -0.1) is 0 Å². The van der Waals surface area contributed by atoms with Crippen LogP contribution in [0.2, 0.25) is 0 Å². The first-order valence-electron chi connectivity index (χ1n) is 11.2. The van der Waals surface area contributed by atoms with Crippen molar-refractivity contribution >= 4 is 23.9 Å². The molecular formula is C24H32O12. The van der Waals surface area contributed by atoms with Crippen molar-refractivity contribution in [3.8, 4) is 5.75 Å². The minimum atomic E-state index is -1.28. The molecule has 0 amide bonds. The molecule has 12 nitrogen and oxygen atoms in total. The van der Waals surface area contributed by atoms with Crippen LogP contribution in [0.5, 0.6) is 5.75 Å². The van der Waals surface area contributed by atoms with Crippen LogP contribution in [0.1, 0.15) is 33.3 Å². The molecule has 1 heterocycles. The maximum absolute atomic E-state index is 11.8. The largest absolute Gasteiger partial charge is 0.497 e. The number of benzene rings is 1. The van der Waals surface area contributed by atoms with Crippen molar-refractivity contribution in [2.75, 3.05) is 26.9 Å². The van der Waals surface area contributed by atoms with E-state index in [0.29, 0.717) is 6.61 Å². The van der Waals surface area contributed by atoms with Gasteiger partial charge in [-0.05, 0) is 17.7 Å². The molecule has 5 atom stereocenters. The third-order valence-electron chi connectivity index (χ3n) is 4.89.